The molecule has 0 saturated carbocycles. The summed E-state index contributed by atoms with van der Waals surface area (Å²) in [5.41, 5.74) is 12.2. The Morgan fingerprint density at radius 1 is 0.305 bits per heavy atom. The van der Waals surface area contributed by atoms with Gasteiger partial charge < -0.3 is 9.13 Å². The van der Waals surface area contributed by atoms with Crippen molar-refractivity contribution in [3.05, 3.63) is 206 Å². The van der Waals surface area contributed by atoms with Gasteiger partial charge >= 0.3 is 0 Å². The molecule has 3 heterocycles. The Morgan fingerprint density at radius 3 is 1.78 bits per heavy atom. The second-order valence-electron chi connectivity index (χ2n) is 15.7. The normalized spacial score (nSPS) is 12.1. The molecule has 0 N–H and O–H groups in total. The fraction of sp³-hybridized carbons (Fsp3) is 0. The molecule has 0 atom stereocenters. The summed E-state index contributed by atoms with van der Waals surface area (Å²) in [6.45, 7) is 0. The van der Waals surface area contributed by atoms with Gasteiger partial charge in [0.05, 0.1) is 27.8 Å². The number of benzene rings is 10. The van der Waals surface area contributed by atoms with Crippen molar-refractivity contribution in [2.45, 2.75) is 0 Å². The van der Waals surface area contributed by atoms with Crippen LogP contribution in [0.5, 0.6) is 0 Å². The third kappa shape index (κ3) is 4.86. The summed E-state index contributed by atoms with van der Waals surface area (Å²) in [5, 5.41) is 12.6. The second-order valence-corrected chi connectivity index (χ2v) is 16.8. The van der Waals surface area contributed by atoms with E-state index in [1.807, 2.05) is 11.3 Å². The smallest absolute Gasteiger partial charge is 0.0619 e. The fourth-order valence-electron chi connectivity index (χ4n) is 9.77. The van der Waals surface area contributed by atoms with Crippen molar-refractivity contribution in [1.82, 2.24) is 9.13 Å². The Labute approximate surface area is 344 Å². The molecule has 3 aromatic heterocycles. The first-order chi connectivity index (χ1) is 29.2. The topological polar surface area (TPSA) is 9.86 Å². The third-order valence-electron chi connectivity index (χ3n) is 12.5. The van der Waals surface area contributed by atoms with Gasteiger partial charge in [-0.15, -0.1) is 11.3 Å². The molecule has 10 aromatic carbocycles. The van der Waals surface area contributed by atoms with Gasteiger partial charge in [0.15, 0.2) is 0 Å². The zero-order valence-corrected chi connectivity index (χ0v) is 32.7. The highest BCUT2D eigenvalue weighted by Crippen LogP contribution is 2.44. The van der Waals surface area contributed by atoms with Crippen LogP contribution in [0.15, 0.2) is 206 Å². The third-order valence-corrected chi connectivity index (χ3v) is 13.6. The zero-order chi connectivity index (χ0) is 38.6. The van der Waals surface area contributed by atoms with E-state index in [0.29, 0.717) is 0 Å². The molecule has 13 rings (SSSR count). The minimum absolute atomic E-state index is 1.17. The molecule has 0 aliphatic carbocycles. The minimum atomic E-state index is 1.17. The Balaban J connectivity index is 0.996. The standard InChI is InChI=1S/C56H34N2S/c1-2-11-35(12-3-1)37-21-22-39-32-42(27-23-38(39)31-37)57-49-17-8-6-15-44(49)47-33-40(25-29-50(47)57)41-26-30-51-48(34-41)45-28-24-36-13-4-5-14-43(36)56(45)58(51)52-18-10-20-54-55(52)46-16-7-9-19-53(46)59-54/h1-34H. The first kappa shape index (κ1) is 32.6. The highest BCUT2D eigenvalue weighted by Gasteiger charge is 2.20. The lowest BCUT2D eigenvalue weighted by Gasteiger charge is -2.12. The minimum Gasteiger partial charge on any atom is -0.309 e. The van der Waals surface area contributed by atoms with Crippen molar-refractivity contribution < 1.29 is 0 Å². The number of hydrogen-bond donors (Lipinski definition) is 0. The van der Waals surface area contributed by atoms with Crippen LogP contribution < -0.4 is 0 Å². The summed E-state index contributed by atoms with van der Waals surface area (Å²) >= 11 is 1.87. The maximum Gasteiger partial charge on any atom is 0.0619 e. The molecule has 0 saturated heterocycles. The highest BCUT2D eigenvalue weighted by atomic mass is 32.1. The van der Waals surface area contributed by atoms with Crippen LogP contribution in [0, 0.1) is 0 Å². The number of nitrogens with zero attached hydrogens (tertiary/aromatic N) is 2. The van der Waals surface area contributed by atoms with Crippen LogP contribution in [0.3, 0.4) is 0 Å². The van der Waals surface area contributed by atoms with Crippen LogP contribution >= 0.6 is 11.3 Å². The second kappa shape index (κ2) is 12.5. The molecule has 0 unspecified atom stereocenters. The lowest BCUT2D eigenvalue weighted by molar-refractivity contribution is 1.19. The van der Waals surface area contributed by atoms with Crippen molar-refractivity contribution in [3.8, 4) is 33.6 Å². The van der Waals surface area contributed by atoms with Gasteiger partial charge in [-0.05, 0) is 105 Å². The molecule has 2 nitrogen and oxygen atoms in total. The average Bonchev–Trinajstić information content (AvgIpc) is 3.96. The Hall–Kier alpha value is -7.46. The van der Waals surface area contributed by atoms with Crippen molar-refractivity contribution in [2.24, 2.45) is 0 Å². The largest absolute Gasteiger partial charge is 0.309 e. The van der Waals surface area contributed by atoms with E-state index in [0.717, 1.165) is 0 Å². The van der Waals surface area contributed by atoms with Crippen molar-refractivity contribution in [3.63, 3.8) is 0 Å². The number of fused-ring (bicyclic) bond motifs is 12. The number of rotatable bonds is 4. The van der Waals surface area contributed by atoms with E-state index >= 15 is 0 Å². The van der Waals surface area contributed by atoms with Crippen LogP contribution in [-0.2, 0) is 0 Å². The highest BCUT2D eigenvalue weighted by molar-refractivity contribution is 7.25. The quantitative estimate of drug-likeness (QED) is 0.169. The fourth-order valence-corrected chi connectivity index (χ4v) is 10.9. The number of para-hydroxylation sites is 1. The van der Waals surface area contributed by atoms with Crippen LogP contribution in [0.4, 0.5) is 0 Å². The molecular weight excluding hydrogens is 733 g/mol. The summed E-state index contributed by atoms with van der Waals surface area (Å²) in [6.07, 6.45) is 0. The summed E-state index contributed by atoms with van der Waals surface area (Å²) in [4.78, 5) is 0. The van der Waals surface area contributed by atoms with Crippen LogP contribution in [0.2, 0.25) is 0 Å². The lowest BCUT2D eigenvalue weighted by atomic mass is 10.00. The zero-order valence-electron chi connectivity index (χ0n) is 31.9. The summed E-state index contributed by atoms with van der Waals surface area (Å²) in [7, 11) is 0. The summed E-state index contributed by atoms with van der Waals surface area (Å²) in [5.74, 6) is 0. The van der Waals surface area contributed by atoms with E-state index in [1.165, 1.54) is 119 Å². The Bertz CT molecular complexity index is 3840. The van der Waals surface area contributed by atoms with Gasteiger partial charge in [-0.3, -0.25) is 0 Å². The lowest BCUT2D eigenvalue weighted by Crippen LogP contribution is -1.95. The molecule has 0 spiro atoms. The first-order valence-electron chi connectivity index (χ1n) is 20.2. The maximum absolute atomic E-state index is 2.53. The van der Waals surface area contributed by atoms with Gasteiger partial charge in [0, 0.05) is 52.8 Å². The molecule has 59 heavy (non-hydrogen) atoms. The molecule has 13 aromatic rings. The Morgan fingerprint density at radius 2 is 0.915 bits per heavy atom. The van der Waals surface area contributed by atoms with Gasteiger partial charge in [-0.25, -0.2) is 0 Å². The molecule has 0 radical (unpaired) electrons. The molecule has 274 valence electrons. The number of thiophene rings is 1. The van der Waals surface area contributed by atoms with E-state index in [9.17, 15) is 0 Å². The molecule has 3 heteroatoms. The molecule has 0 aliphatic rings. The summed E-state index contributed by atoms with van der Waals surface area (Å²) < 4.78 is 7.58. The average molecular weight is 767 g/mol. The monoisotopic (exact) mass is 766 g/mol. The summed E-state index contributed by atoms with van der Waals surface area (Å²) in [6, 6.07) is 76.2. The first-order valence-corrected chi connectivity index (χ1v) is 21.1. The predicted molar refractivity (Wildman–Crippen MR) is 254 cm³/mol. The maximum atomic E-state index is 2.53. The van der Waals surface area contributed by atoms with Crippen LogP contribution in [-0.4, -0.2) is 9.13 Å². The van der Waals surface area contributed by atoms with Crippen molar-refractivity contribution in [2.75, 3.05) is 0 Å². The molecular formula is C56H34N2S. The molecule has 0 amide bonds. The van der Waals surface area contributed by atoms with E-state index in [2.05, 4.69) is 215 Å². The number of hydrogen-bond acceptors (Lipinski definition) is 1. The van der Waals surface area contributed by atoms with Gasteiger partial charge in [0.2, 0.25) is 0 Å². The predicted octanol–water partition coefficient (Wildman–Crippen LogP) is 15.9. The van der Waals surface area contributed by atoms with E-state index in [-0.39, 0.29) is 0 Å². The molecule has 0 bridgehead atoms. The molecule has 0 fully saturated rings. The van der Waals surface area contributed by atoms with Crippen LogP contribution in [0.1, 0.15) is 0 Å². The van der Waals surface area contributed by atoms with Crippen molar-refractivity contribution in [1.29, 1.82) is 0 Å². The molecule has 0 aliphatic heterocycles. The van der Waals surface area contributed by atoms with Gasteiger partial charge in [0.25, 0.3) is 0 Å². The van der Waals surface area contributed by atoms with Gasteiger partial charge in [-0.2, -0.15) is 0 Å². The SMILES string of the molecule is c1ccc(-c2ccc3cc(-n4c5ccccc5c5cc(-c6ccc7c(c6)c6ccc8ccccc8c6n7-c6cccc7sc8ccccc8c67)ccc54)ccc3c2)cc1. The van der Waals surface area contributed by atoms with E-state index < -0.39 is 0 Å². The Kier molecular flexibility index (Phi) is 6.92. The van der Waals surface area contributed by atoms with Gasteiger partial charge in [0.1, 0.15) is 0 Å². The van der Waals surface area contributed by atoms with E-state index in [1.54, 1.807) is 0 Å². The van der Waals surface area contributed by atoms with Crippen LogP contribution in [0.25, 0.3) is 119 Å². The van der Waals surface area contributed by atoms with E-state index in [4.69, 9.17) is 0 Å². The van der Waals surface area contributed by atoms with Crippen molar-refractivity contribution >= 4 is 96.7 Å². The van der Waals surface area contributed by atoms with Gasteiger partial charge in [-0.1, -0.05) is 140 Å². The number of aromatic nitrogens is 2.